The first-order valence-electron chi connectivity index (χ1n) is 9.00. The number of rotatable bonds is 7. The number of halogens is 1. The number of ether oxygens (including phenoxy) is 2. The molecule has 0 unspecified atom stereocenters. The number of alkyl halides is 1. The lowest BCUT2D eigenvalue weighted by molar-refractivity contribution is -0.117. The van der Waals surface area contributed by atoms with Crippen LogP contribution in [0.15, 0.2) is 30.0 Å². The molecule has 1 fully saturated rings. The molecule has 1 aromatic carbocycles. The highest BCUT2D eigenvalue weighted by molar-refractivity contribution is 6.17. The van der Waals surface area contributed by atoms with Gasteiger partial charge in [0.25, 0.3) is 5.91 Å². The van der Waals surface area contributed by atoms with Crippen molar-refractivity contribution in [3.8, 4) is 17.6 Å². The van der Waals surface area contributed by atoms with E-state index in [2.05, 4.69) is 16.3 Å². The van der Waals surface area contributed by atoms with Gasteiger partial charge in [-0.05, 0) is 24.1 Å². The second-order valence-corrected chi connectivity index (χ2v) is 6.83. The summed E-state index contributed by atoms with van der Waals surface area (Å²) in [5.41, 5.74) is 1.31. The van der Waals surface area contributed by atoms with Gasteiger partial charge >= 0.3 is 0 Å². The summed E-state index contributed by atoms with van der Waals surface area (Å²) in [6.07, 6.45) is 2.35. The zero-order chi connectivity index (χ0) is 19.1. The lowest BCUT2D eigenvalue weighted by Gasteiger charge is -2.34. The molecule has 8 heteroatoms. The third kappa shape index (κ3) is 5.28. The van der Waals surface area contributed by atoms with Crippen molar-refractivity contribution < 1.29 is 14.3 Å². The van der Waals surface area contributed by atoms with E-state index in [0.717, 1.165) is 44.2 Å². The molecule has 2 aliphatic rings. The van der Waals surface area contributed by atoms with Gasteiger partial charge in [0.05, 0.1) is 0 Å². The SMILES string of the molecule is N#C/C(=C/N1CCN(Cc2ccc3c(c2)OCO3)CC1)C(=O)NCCCCl. The molecule has 0 spiro atoms. The van der Waals surface area contributed by atoms with Crippen molar-refractivity contribution in [3.05, 3.63) is 35.5 Å². The van der Waals surface area contributed by atoms with Gasteiger partial charge in [0, 0.05) is 51.3 Å². The monoisotopic (exact) mass is 390 g/mol. The van der Waals surface area contributed by atoms with Crippen LogP contribution < -0.4 is 14.8 Å². The fourth-order valence-corrected chi connectivity index (χ4v) is 3.17. The summed E-state index contributed by atoms with van der Waals surface area (Å²) in [5, 5.41) is 12.0. The summed E-state index contributed by atoms with van der Waals surface area (Å²) >= 11 is 5.60. The number of carbonyl (C=O) groups excluding carboxylic acids is 1. The molecule has 2 heterocycles. The Morgan fingerprint density at radius 3 is 2.78 bits per heavy atom. The summed E-state index contributed by atoms with van der Waals surface area (Å²) in [6.45, 7) is 4.85. The fraction of sp³-hybridized carbons (Fsp3) is 0.474. The predicted molar refractivity (Wildman–Crippen MR) is 101 cm³/mol. The molecular formula is C19H23ClN4O3. The molecule has 3 rings (SSSR count). The zero-order valence-corrected chi connectivity index (χ0v) is 15.9. The third-order valence-corrected chi connectivity index (χ3v) is 4.79. The van der Waals surface area contributed by atoms with E-state index in [0.29, 0.717) is 18.8 Å². The van der Waals surface area contributed by atoms with E-state index in [9.17, 15) is 10.1 Å². The van der Waals surface area contributed by atoms with Gasteiger partial charge in [-0.2, -0.15) is 5.26 Å². The number of hydrogen-bond donors (Lipinski definition) is 1. The average Bonchev–Trinajstić information content (AvgIpc) is 3.15. The molecule has 144 valence electrons. The molecule has 0 atom stereocenters. The van der Waals surface area contributed by atoms with E-state index in [1.54, 1.807) is 6.20 Å². The maximum Gasteiger partial charge on any atom is 0.263 e. The average molecular weight is 391 g/mol. The Labute approximate surface area is 164 Å². The van der Waals surface area contributed by atoms with Crippen LogP contribution in [0.2, 0.25) is 0 Å². The van der Waals surface area contributed by atoms with E-state index in [1.807, 2.05) is 23.1 Å². The highest BCUT2D eigenvalue weighted by atomic mass is 35.5. The minimum absolute atomic E-state index is 0.133. The Hall–Kier alpha value is -2.43. The number of benzene rings is 1. The van der Waals surface area contributed by atoms with Crippen molar-refractivity contribution in [2.45, 2.75) is 13.0 Å². The second kappa shape index (κ2) is 9.49. The van der Waals surface area contributed by atoms with Gasteiger partial charge in [-0.25, -0.2) is 0 Å². The molecule has 0 radical (unpaired) electrons. The van der Waals surface area contributed by atoms with Gasteiger partial charge in [-0.1, -0.05) is 6.07 Å². The Kier molecular flexibility index (Phi) is 6.80. The van der Waals surface area contributed by atoms with E-state index in [1.165, 1.54) is 5.56 Å². The number of piperazine rings is 1. The molecule has 1 N–H and O–H groups in total. The van der Waals surface area contributed by atoms with Crippen LogP contribution in [0.4, 0.5) is 0 Å². The zero-order valence-electron chi connectivity index (χ0n) is 15.1. The maximum atomic E-state index is 12.0. The van der Waals surface area contributed by atoms with Crippen LogP contribution in [0, 0.1) is 11.3 Å². The first-order chi connectivity index (χ1) is 13.2. The standard InChI is InChI=1S/C19H23ClN4O3/c20-4-1-5-22-19(25)16(11-21)13-24-8-6-23(7-9-24)12-15-2-3-17-18(10-15)27-14-26-17/h2-3,10,13H,1,4-9,12,14H2,(H,22,25)/b16-13-. The van der Waals surface area contributed by atoms with Crippen molar-refractivity contribution in [1.29, 1.82) is 5.26 Å². The van der Waals surface area contributed by atoms with E-state index in [4.69, 9.17) is 21.1 Å². The summed E-state index contributed by atoms with van der Waals surface area (Å²) in [6, 6.07) is 8.00. The maximum absolute atomic E-state index is 12.0. The molecule has 0 aliphatic carbocycles. The van der Waals surface area contributed by atoms with Gasteiger partial charge in [0.1, 0.15) is 11.6 Å². The Morgan fingerprint density at radius 1 is 1.26 bits per heavy atom. The molecule has 0 aromatic heterocycles. The minimum Gasteiger partial charge on any atom is -0.454 e. The van der Waals surface area contributed by atoms with Crippen molar-refractivity contribution in [3.63, 3.8) is 0 Å². The van der Waals surface area contributed by atoms with Crippen LogP contribution in [0.25, 0.3) is 0 Å². The lowest BCUT2D eigenvalue weighted by Crippen LogP contribution is -2.44. The molecular weight excluding hydrogens is 368 g/mol. The predicted octanol–water partition coefficient (Wildman–Crippen LogP) is 1.69. The van der Waals surface area contributed by atoms with Crippen LogP contribution in [-0.4, -0.2) is 61.1 Å². The normalized spacial score (nSPS) is 16.9. The molecule has 27 heavy (non-hydrogen) atoms. The molecule has 0 bridgehead atoms. The van der Waals surface area contributed by atoms with Crippen molar-refractivity contribution in [2.75, 3.05) is 45.4 Å². The summed E-state index contributed by atoms with van der Waals surface area (Å²) in [4.78, 5) is 16.4. The largest absolute Gasteiger partial charge is 0.454 e. The van der Waals surface area contributed by atoms with E-state index < -0.39 is 0 Å². The Morgan fingerprint density at radius 2 is 2.04 bits per heavy atom. The summed E-state index contributed by atoms with van der Waals surface area (Å²) in [5.74, 6) is 1.73. The first kappa shape index (κ1) is 19.3. The van der Waals surface area contributed by atoms with Crippen LogP contribution in [-0.2, 0) is 11.3 Å². The molecule has 1 aromatic rings. The number of amides is 1. The van der Waals surface area contributed by atoms with Gasteiger partial charge < -0.3 is 19.7 Å². The van der Waals surface area contributed by atoms with Crippen molar-refractivity contribution >= 4 is 17.5 Å². The molecule has 7 nitrogen and oxygen atoms in total. The van der Waals surface area contributed by atoms with Crippen LogP contribution in [0.3, 0.4) is 0 Å². The van der Waals surface area contributed by atoms with Gasteiger partial charge in [0.2, 0.25) is 6.79 Å². The third-order valence-electron chi connectivity index (χ3n) is 4.52. The Bertz CT molecular complexity index is 739. The van der Waals surface area contributed by atoms with Gasteiger partial charge in [0.15, 0.2) is 11.5 Å². The minimum atomic E-state index is -0.342. The van der Waals surface area contributed by atoms with Crippen LogP contribution in [0.1, 0.15) is 12.0 Å². The molecule has 2 aliphatic heterocycles. The van der Waals surface area contributed by atoms with Gasteiger partial charge in [-0.15, -0.1) is 11.6 Å². The highest BCUT2D eigenvalue weighted by Gasteiger charge is 2.19. The first-order valence-corrected chi connectivity index (χ1v) is 9.54. The van der Waals surface area contributed by atoms with Gasteiger partial charge in [-0.3, -0.25) is 9.69 Å². The number of nitriles is 1. The van der Waals surface area contributed by atoms with E-state index >= 15 is 0 Å². The number of fused-ring (bicyclic) bond motifs is 1. The van der Waals surface area contributed by atoms with Crippen molar-refractivity contribution in [1.82, 2.24) is 15.1 Å². The fourth-order valence-electron chi connectivity index (χ4n) is 3.03. The topological polar surface area (TPSA) is 77.8 Å². The summed E-state index contributed by atoms with van der Waals surface area (Å²) in [7, 11) is 0. The number of carbonyl (C=O) groups is 1. The quantitative estimate of drug-likeness (QED) is 0.330. The van der Waals surface area contributed by atoms with E-state index in [-0.39, 0.29) is 18.3 Å². The number of nitrogens with zero attached hydrogens (tertiary/aromatic N) is 3. The van der Waals surface area contributed by atoms with Crippen LogP contribution in [0.5, 0.6) is 11.5 Å². The smallest absolute Gasteiger partial charge is 0.263 e. The number of nitrogens with one attached hydrogen (secondary N) is 1. The Balaban J connectivity index is 1.49. The lowest BCUT2D eigenvalue weighted by atomic mass is 10.1. The summed E-state index contributed by atoms with van der Waals surface area (Å²) < 4.78 is 10.8. The molecule has 1 amide bonds. The highest BCUT2D eigenvalue weighted by Crippen LogP contribution is 2.32. The van der Waals surface area contributed by atoms with Crippen LogP contribution >= 0.6 is 11.6 Å². The second-order valence-electron chi connectivity index (χ2n) is 6.45. The van der Waals surface area contributed by atoms with Crippen molar-refractivity contribution in [2.24, 2.45) is 0 Å². The molecule has 1 saturated heterocycles. The number of hydrogen-bond acceptors (Lipinski definition) is 6. The molecule has 0 saturated carbocycles.